The molecule has 1 aromatic heterocycles. The summed E-state index contributed by atoms with van der Waals surface area (Å²) < 4.78 is 0. The second-order valence-electron chi connectivity index (χ2n) is 2.68. The highest BCUT2D eigenvalue weighted by atomic mass is 16.2. The highest BCUT2D eigenvalue weighted by Gasteiger charge is 2.05. The van der Waals surface area contributed by atoms with Gasteiger partial charge in [0, 0.05) is 18.9 Å². The number of nitrogens with zero attached hydrogens (tertiary/aromatic N) is 2. The molecule has 4 nitrogen and oxygen atoms in total. The van der Waals surface area contributed by atoms with Crippen molar-refractivity contribution in [1.29, 1.82) is 0 Å². The Balaban J connectivity index is 2.40. The number of amides is 1. The van der Waals surface area contributed by atoms with Gasteiger partial charge in [0.25, 0.3) is 5.91 Å². The molecule has 0 fully saturated rings. The van der Waals surface area contributed by atoms with Crippen molar-refractivity contribution in [3.8, 4) is 0 Å². The Hall–Kier alpha value is -1.45. The summed E-state index contributed by atoms with van der Waals surface area (Å²) in [5, 5.41) is 2.74. The molecule has 0 aromatic carbocycles. The van der Waals surface area contributed by atoms with Gasteiger partial charge in [0.15, 0.2) is 0 Å². The maximum absolute atomic E-state index is 11.3. The first-order valence-corrected chi connectivity index (χ1v) is 4.40. The lowest BCUT2D eigenvalue weighted by Crippen LogP contribution is -2.26. The van der Waals surface area contributed by atoms with Crippen molar-refractivity contribution in [3.63, 3.8) is 0 Å². The minimum Gasteiger partial charge on any atom is -0.349 e. The molecule has 0 atom stereocenters. The van der Waals surface area contributed by atoms with Crippen molar-refractivity contribution in [2.24, 2.45) is 0 Å². The highest BCUT2D eigenvalue weighted by molar-refractivity contribution is 5.90. The molecule has 0 aliphatic heterocycles. The van der Waals surface area contributed by atoms with E-state index in [1.54, 1.807) is 18.5 Å². The van der Waals surface area contributed by atoms with Crippen LogP contribution in [0.4, 0.5) is 0 Å². The smallest absolute Gasteiger partial charge is 0.289 e. The number of hydrogen-bond donors (Lipinski definition) is 1. The topological polar surface area (TPSA) is 54.9 Å². The van der Waals surface area contributed by atoms with E-state index in [4.69, 9.17) is 0 Å². The summed E-state index contributed by atoms with van der Waals surface area (Å²) in [6.45, 7) is 2.76. The highest BCUT2D eigenvalue weighted by Crippen LogP contribution is 1.88. The Kier molecular flexibility index (Phi) is 3.88. The van der Waals surface area contributed by atoms with Crippen LogP contribution in [0.3, 0.4) is 0 Å². The van der Waals surface area contributed by atoms with Crippen LogP contribution < -0.4 is 5.32 Å². The van der Waals surface area contributed by atoms with Gasteiger partial charge in [-0.05, 0) is 12.5 Å². The van der Waals surface area contributed by atoms with Gasteiger partial charge in [-0.25, -0.2) is 9.97 Å². The van der Waals surface area contributed by atoms with E-state index in [1.807, 2.05) is 0 Å². The molecule has 1 heterocycles. The van der Waals surface area contributed by atoms with E-state index in [9.17, 15) is 4.79 Å². The summed E-state index contributed by atoms with van der Waals surface area (Å²) in [4.78, 5) is 19.0. The summed E-state index contributed by atoms with van der Waals surface area (Å²) in [6.07, 6.45) is 5.16. The van der Waals surface area contributed by atoms with Gasteiger partial charge in [0.1, 0.15) is 0 Å². The first-order chi connectivity index (χ1) is 6.34. The molecule has 0 aliphatic rings. The maximum Gasteiger partial charge on any atom is 0.289 e. The molecular weight excluding hydrogens is 166 g/mol. The number of unbranched alkanes of at least 4 members (excludes halogenated alkanes) is 1. The Morgan fingerprint density at radius 1 is 1.46 bits per heavy atom. The van der Waals surface area contributed by atoms with Crippen molar-refractivity contribution in [2.75, 3.05) is 6.54 Å². The van der Waals surface area contributed by atoms with Crippen LogP contribution in [-0.4, -0.2) is 22.4 Å². The molecule has 0 saturated heterocycles. The fraction of sp³-hybridized carbons (Fsp3) is 0.444. The van der Waals surface area contributed by atoms with E-state index in [-0.39, 0.29) is 11.7 Å². The van der Waals surface area contributed by atoms with Crippen LogP contribution in [0.15, 0.2) is 18.5 Å². The predicted molar refractivity (Wildman–Crippen MR) is 49.3 cm³/mol. The van der Waals surface area contributed by atoms with E-state index < -0.39 is 0 Å². The van der Waals surface area contributed by atoms with Crippen molar-refractivity contribution in [1.82, 2.24) is 15.3 Å². The zero-order chi connectivity index (χ0) is 9.52. The van der Waals surface area contributed by atoms with E-state index >= 15 is 0 Å². The molecule has 0 aliphatic carbocycles. The minimum absolute atomic E-state index is 0.200. The first kappa shape index (κ1) is 9.64. The second kappa shape index (κ2) is 5.24. The van der Waals surface area contributed by atoms with Gasteiger partial charge in [0.2, 0.25) is 5.82 Å². The fourth-order valence-corrected chi connectivity index (χ4v) is 0.874. The fourth-order valence-electron chi connectivity index (χ4n) is 0.874. The Morgan fingerprint density at radius 3 is 2.77 bits per heavy atom. The maximum atomic E-state index is 11.3. The molecule has 0 spiro atoms. The monoisotopic (exact) mass is 179 g/mol. The molecule has 70 valence electrons. The van der Waals surface area contributed by atoms with Gasteiger partial charge >= 0.3 is 0 Å². The summed E-state index contributed by atoms with van der Waals surface area (Å²) >= 11 is 0. The largest absolute Gasteiger partial charge is 0.349 e. The van der Waals surface area contributed by atoms with E-state index in [0.29, 0.717) is 6.54 Å². The SMILES string of the molecule is CCCCNC(=O)c1ncccn1. The lowest BCUT2D eigenvalue weighted by Gasteiger charge is -2.01. The van der Waals surface area contributed by atoms with Crippen LogP contribution in [-0.2, 0) is 0 Å². The number of carbonyl (C=O) groups is 1. The Morgan fingerprint density at radius 2 is 2.15 bits per heavy atom. The lowest BCUT2D eigenvalue weighted by atomic mass is 10.3. The second-order valence-corrected chi connectivity index (χ2v) is 2.68. The number of hydrogen-bond acceptors (Lipinski definition) is 3. The molecule has 0 bridgehead atoms. The van der Waals surface area contributed by atoms with Crippen LogP contribution in [0.5, 0.6) is 0 Å². The molecular formula is C9H13N3O. The van der Waals surface area contributed by atoms with Crippen LogP contribution in [0.1, 0.15) is 30.4 Å². The molecule has 0 saturated carbocycles. The standard InChI is InChI=1S/C9H13N3O/c1-2-3-5-12-9(13)8-10-6-4-7-11-8/h4,6-7H,2-3,5H2,1H3,(H,12,13). The van der Waals surface area contributed by atoms with Gasteiger partial charge in [0.05, 0.1) is 0 Å². The molecule has 4 heteroatoms. The van der Waals surface area contributed by atoms with E-state index in [1.165, 1.54) is 0 Å². The normalized spacial score (nSPS) is 9.62. The first-order valence-electron chi connectivity index (χ1n) is 4.40. The minimum atomic E-state index is -0.200. The molecule has 1 amide bonds. The molecule has 1 N–H and O–H groups in total. The predicted octanol–water partition coefficient (Wildman–Crippen LogP) is 1.01. The Labute approximate surface area is 77.4 Å². The summed E-state index contributed by atoms with van der Waals surface area (Å²) in [5.41, 5.74) is 0. The van der Waals surface area contributed by atoms with Crippen molar-refractivity contribution in [3.05, 3.63) is 24.3 Å². The summed E-state index contributed by atoms with van der Waals surface area (Å²) in [6, 6.07) is 1.68. The zero-order valence-corrected chi connectivity index (χ0v) is 7.66. The van der Waals surface area contributed by atoms with Gasteiger partial charge in [-0.1, -0.05) is 13.3 Å². The van der Waals surface area contributed by atoms with Gasteiger partial charge in [-0.15, -0.1) is 0 Å². The van der Waals surface area contributed by atoms with E-state index in [0.717, 1.165) is 12.8 Å². The quantitative estimate of drug-likeness (QED) is 0.702. The molecule has 13 heavy (non-hydrogen) atoms. The number of nitrogens with one attached hydrogen (secondary N) is 1. The van der Waals surface area contributed by atoms with Crippen LogP contribution >= 0.6 is 0 Å². The third kappa shape index (κ3) is 3.19. The van der Waals surface area contributed by atoms with Gasteiger partial charge in [-0.2, -0.15) is 0 Å². The van der Waals surface area contributed by atoms with Gasteiger partial charge < -0.3 is 5.32 Å². The van der Waals surface area contributed by atoms with Crippen molar-refractivity contribution >= 4 is 5.91 Å². The van der Waals surface area contributed by atoms with Crippen molar-refractivity contribution in [2.45, 2.75) is 19.8 Å². The third-order valence-corrected chi connectivity index (χ3v) is 1.58. The molecule has 0 unspecified atom stereocenters. The third-order valence-electron chi connectivity index (χ3n) is 1.58. The molecule has 0 radical (unpaired) electrons. The van der Waals surface area contributed by atoms with Gasteiger partial charge in [-0.3, -0.25) is 4.79 Å². The summed E-state index contributed by atoms with van der Waals surface area (Å²) in [5.74, 6) is 0.0349. The number of carbonyl (C=O) groups excluding carboxylic acids is 1. The lowest BCUT2D eigenvalue weighted by molar-refractivity contribution is 0.0942. The number of rotatable bonds is 4. The number of aromatic nitrogens is 2. The average Bonchev–Trinajstić information content (AvgIpc) is 2.19. The molecule has 1 rings (SSSR count). The van der Waals surface area contributed by atoms with Crippen LogP contribution in [0, 0.1) is 0 Å². The molecule has 1 aromatic rings. The average molecular weight is 179 g/mol. The zero-order valence-electron chi connectivity index (χ0n) is 7.66. The summed E-state index contributed by atoms with van der Waals surface area (Å²) in [7, 11) is 0. The van der Waals surface area contributed by atoms with E-state index in [2.05, 4.69) is 22.2 Å². The van der Waals surface area contributed by atoms with Crippen LogP contribution in [0.25, 0.3) is 0 Å². The Bertz CT molecular complexity index is 261. The van der Waals surface area contributed by atoms with Crippen LogP contribution in [0.2, 0.25) is 0 Å². The van der Waals surface area contributed by atoms with Crippen molar-refractivity contribution < 1.29 is 4.79 Å².